The Labute approximate surface area is 181 Å². The third-order valence-corrected chi connectivity index (χ3v) is 8.35. The van der Waals surface area contributed by atoms with E-state index in [0.29, 0.717) is 11.7 Å². The van der Waals surface area contributed by atoms with E-state index < -0.39 is 0 Å². The Morgan fingerprint density at radius 2 is 2.00 bits per heavy atom. The minimum atomic E-state index is -0.285. The molecule has 3 atom stereocenters. The van der Waals surface area contributed by atoms with Gasteiger partial charge in [0.15, 0.2) is 11.5 Å². The van der Waals surface area contributed by atoms with Crippen molar-refractivity contribution in [2.45, 2.75) is 74.2 Å². The average molecular weight is 432 g/mol. The Bertz CT molecular complexity index is 827. The highest BCUT2D eigenvalue weighted by molar-refractivity contribution is 8.00. The molecule has 0 unspecified atom stereocenters. The first-order chi connectivity index (χ1) is 14.6. The minimum Gasteiger partial charge on any atom is -0.454 e. The van der Waals surface area contributed by atoms with Gasteiger partial charge in [0.2, 0.25) is 12.7 Å². The molecule has 3 amide bonds. The average Bonchev–Trinajstić information content (AvgIpc) is 3.50. The molecule has 8 heteroatoms. The molecule has 30 heavy (non-hydrogen) atoms. The van der Waals surface area contributed by atoms with Crippen LogP contribution >= 0.6 is 11.8 Å². The first kappa shape index (κ1) is 19.8. The Kier molecular flexibility index (Phi) is 5.43. The molecular weight excluding hydrogens is 402 g/mol. The molecular formula is C22H29N3O4S. The van der Waals surface area contributed by atoms with Gasteiger partial charge in [-0.25, -0.2) is 4.79 Å². The van der Waals surface area contributed by atoms with Crippen molar-refractivity contribution in [1.82, 2.24) is 16.0 Å². The smallest absolute Gasteiger partial charge is 0.315 e. The summed E-state index contributed by atoms with van der Waals surface area (Å²) in [5.74, 6) is 2.65. The summed E-state index contributed by atoms with van der Waals surface area (Å²) in [5.41, 5.74) is 0.835. The number of amides is 3. The number of rotatable bonds is 7. The number of hydrogen-bond donors (Lipinski definition) is 3. The Balaban J connectivity index is 1.13. The molecule has 0 spiro atoms. The maximum atomic E-state index is 12.8. The zero-order valence-electron chi connectivity index (χ0n) is 17.1. The molecule has 7 nitrogen and oxygen atoms in total. The highest BCUT2D eigenvalue weighted by Crippen LogP contribution is 2.43. The van der Waals surface area contributed by atoms with Gasteiger partial charge >= 0.3 is 6.03 Å². The van der Waals surface area contributed by atoms with E-state index in [1.807, 2.05) is 23.9 Å². The number of carbonyl (C=O) groups excluding carboxylic acids is 2. The van der Waals surface area contributed by atoms with Crippen LogP contribution in [-0.4, -0.2) is 41.8 Å². The lowest BCUT2D eigenvalue weighted by Gasteiger charge is -2.31. The van der Waals surface area contributed by atoms with Crippen molar-refractivity contribution < 1.29 is 19.1 Å². The van der Waals surface area contributed by atoms with Crippen LogP contribution in [0.15, 0.2) is 18.2 Å². The predicted octanol–water partition coefficient (Wildman–Crippen LogP) is 3.03. The number of carbonyl (C=O) groups is 2. The lowest BCUT2D eigenvalue weighted by Crippen LogP contribution is -2.43. The SMILES string of the molecule is O=C(CCCC[C@H]1SC[C@H]2NC(=O)N[C@@H]21)NC1(c2ccc3c(c2)OCO3)CCCC1. The van der Waals surface area contributed by atoms with Crippen molar-refractivity contribution >= 4 is 23.7 Å². The Morgan fingerprint density at radius 3 is 2.87 bits per heavy atom. The number of ether oxygens (including phenoxy) is 2. The minimum absolute atomic E-state index is 0.0416. The number of fused-ring (bicyclic) bond motifs is 2. The quantitative estimate of drug-likeness (QED) is 0.456. The van der Waals surface area contributed by atoms with E-state index in [9.17, 15) is 9.59 Å². The van der Waals surface area contributed by atoms with E-state index in [4.69, 9.17) is 9.47 Å². The lowest BCUT2D eigenvalue weighted by atomic mass is 9.87. The number of unbranched alkanes of at least 4 members (excludes halogenated alkanes) is 1. The third-order valence-electron chi connectivity index (χ3n) is 6.84. The van der Waals surface area contributed by atoms with Gasteiger partial charge in [0.1, 0.15) is 0 Å². The summed E-state index contributed by atoms with van der Waals surface area (Å²) in [7, 11) is 0. The fourth-order valence-electron chi connectivity index (χ4n) is 5.26. The van der Waals surface area contributed by atoms with Crippen LogP contribution < -0.4 is 25.4 Å². The fourth-order valence-corrected chi connectivity index (χ4v) is 6.81. The van der Waals surface area contributed by atoms with Gasteiger partial charge in [-0.1, -0.05) is 25.3 Å². The molecule has 1 aliphatic carbocycles. The van der Waals surface area contributed by atoms with Gasteiger partial charge in [-0.05, 0) is 43.4 Å². The predicted molar refractivity (Wildman–Crippen MR) is 115 cm³/mol. The molecule has 5 rings (SSSR count). The summed E-state index contributed by atoms with van der Waals surface area (Å²) >= 11 is 1.93. The molecule has 1 aromatic carbocycles. The molecule has 4 aliphatic rings. The second-order valence-electron chi connectivity index (χ2n) is 8.77. The first-order valence-electron chi connectivity index (χ1n) is 11.0. The summed E-state index contributed by atoms with van der Waals surface area (Å²) in [5, 5.41) is 9.83. The summed E-state index contributed by atoms with van der Waals surface area (Å²) in [6.45, 7) is 0.263. The van der Waals surface area contributed by atoms with Gasteiger partial charge in [0, 0.05) is 17.4 Å². The molecule has 162 valence electrons. The molecule has 3 N–H and O–H groups in total. The van der Waals surface area contributed by atoms with Crippen LogP contribution in [0.2, 0.25) is 0 Å². The molecule has 3 fully saturated rings. The van der Waals surface area contributed by atoms with Gasteiger partial charge in [-0.3, -0.25) is 4.79 Å². The van der Waals surface area contributed by atoms with E-state index >= 15 is 0 Å². The van der Waals surface area contributed by atoms with Crippen molar-refractivity contribution in [2.75, 3.05) is 12.5 Å². The van der Waals surface area contributed by atoms with Crippen molar-refractivity contribution in [3.63, 3.8) is 0 Å². The lowest BCUT2D eigenvalue weighted by molar-refractivity contribution is -0.123. The number of urea groups is 1. The molecule has 2 saturated heterocycles. The number of benzene rings is 1. The monoisotopic (exact) mass is 431 g/mol. The molecule has 1 saturated carbocycles. The molecule has 0 radical (unpaired) electrons. The van der Waals surface area contributed by atoms with Crippen LogP contribution in [0.1, 0.15) is 56.9 Å². The molecule has 0 bridgehead atoms. The van der Waals surface area contributed by atoms with Crippen LogP contribution in [-0.2, 0) is 10.3 Å². The summed E-state index contributed by atoms with van der Waals surface area (Å²) in [6, 6.07) is 6.51. The van der Waals surface area contributed by atoms with Crippen molar-refractivity contribution in [1.29, 1.82) is 0 Å². The number of nitrogens with one attached hydrogen (secondary N) is 3. The van der Waals surface area contributed by atoms with Gasteiger partial charge in [0.25, 0.3) is 0 Å². The maximum absolute atomic E-state index is 12.8. The second-order valence-corrected chi connectivity index (χ2v) is 10.0. The largest absolute Gasteiger partial charge is 0.454 e. The molecule has 3 heterocycles. The zero-order valence-corrected chi connectivity index (χ0v) is 17.9. The number of thioether (sulfide) groups is 1. The number of hydrogen-bond acceptors (Lipinski definition) is 5. The third kappa shape index (κ3) is 3.82. The van der Waals surface area contributed by atoms with Crippen LogP contribution in [0, 0.1) is 0 Å². The fraction of sp³-hybridized carbons (Fsp3) is 0.636. The van der Waals surface area contributed by atoms with Gasteiger partial charge in [0.05, 0.1) is 17.6 Å². The Hall–Kier alpha value is -2.09. The topological polar surface area (TPSA) is 88.7 Å². The van der Waals surface area contributed by atoms with E-state index in [-0.39, 0.29) is 36.4 Å². The van der Waals surface area contributed by atoms with Gasteiger partial charge < -0.3 is 25.4 Å². The summed E-state index contributed by atoms with van der Waals surface area (Å²) in [4.78, 5) is 24.3. The van der Waals surface area contributed by atoms with Crippen molar-refractivity contribution in [3.05, 3.63) is 23.8 Å². The first-order valence-corrected chi connectivity index (χ1v) is 12.1. The standard InChI is InChI=1S/C22H29N3O4S/c26-19(6-2-1-5-18-20-15(12-30-18)23-21(27)24-20)25-22(9-3-4-10-22)14-7-8-16-17(11-14)29-13-28-16/h7-8,11,15,18,20H,1-6,9-10,12-13H2,(H,25,26)(H2,23,24,27)/t15-,18-,20+/m1/s1. The van der Waals surface area contributed by atoms with Crippen molar-refractivity contribution in [2.24, 2.45) is 0 Å². The summed E-state index contributed by atoms with van der Waals surface area (Å²) in [6.07, 6.45) is 7.63. The van der Waals surface area contributed by atoms with Gasteiger partial charge in [-0.15, -0.1) is 0 Å². The van der Waals surface area contributed by atoms with Crippen LogP contribution in [0.4, 0.5) is 4.79 Å². The highest BCUT2D eigenvalue weighted by atomic mass is 32.2. The van der Waals surface area contributed by atoms with Gasteiger partial charge in [-0.2, -0.15) is 11.8 Å². The zero-order chi connectivity index (χ0) is 20.6. The second kappa shape index (κ2) is 8.21. The van der Waals surface area contributed by atoms with Crippen LogP contribution in [0.25, 0.3) is 0 Å². The molecule has 1 aromatic rings. The van der Waals surface area contributed by atoms with Crippen molar-refractivity contribution in [3.8, 4) is 11.5 Å². The van der Waals surface area contributed by atoms with Crippen LogP contribution in [0.5, 0.6) is 11.5 Å². The normalized spacial score (nSPS) is 28.1. The molecule has 0 aromatic heterocycles. The summed E-state index contributed by atoms with van der Waals surface area (Å²) < 4.78 is 11.0. The molecule has 3 aliphatic heterocycles. The highest BCUT2D eigenvalue weighted by Gasteiger charge is 2.42. The Morgan fingerprint density at radius 1 is 1.17 bits per heavy atom. The van der Waals surface area contributed by atoms with Crippen LogP contribution in [0.3, 0.4) is 0 Å². The maximum Gasteiger partial charge on any atom is 0.315 e. The van der Waals surface area contributed by atoms with E-state index in [0.717, 1.165) is 67.8 Å². The van der Waals surface area contributed by atoms with E-state index in [1.165, 1.54) is 0 Å². The van der Waals surface area contributed by atoms with E-state index in [2.05, 4.69) is 22.0 Å². The van der Waals surface area contributed by atoms with E-state index in [1.54, 1.807) is 0 Å².